The van der Waals surface area contributed by atoms with Crippen molar-refractivity contribution in [2.75, 3.05) is 5.32 Å². The average Bonchev–Trinajstić information content (AvgIpc) is 3.18. The van der Waals surface area contributed by atoms with E-state index in [0.29, 0.717) is 22.0 Å². The smallest absolute Gasteiger partial charge is 0.329 e. The van der Waals surface area contributed by atoms with Crippen LogP contribution in [-0.4, -0.2) is 24.1 Å². The molecule has 0 atom stereocenters. The molecule has 0 bridgehead atoms. The zero-order valence-corrected chi connectivity index (χ0v) is 15.8. The number of benzene rings is 2. The van der Waals surface area contributed by atoms with Crippen molar-refractivity contribution < 1.29 is 14.0 Å². The molecule has 0 unspecified atom stereocenters. The van der Waals surface area contributed by atoms with E-state index in [-0.39, 0.29) is 6.04 Å². The van der Waals surface area contributed by atoms with Crippen LogP contribution >= 0.6 is 11.6 Å². The van der Waals surface area contributed by atoms with Crippen LogP contribution in [0.4, 0.5) is 15.8 Å². The van der Waals surface area contributed by atoms with Crippen LogP contribution < -0.4 is 16.1 Å². The molecule has 0 radical (unpaired) electrons. The van der Waals surface area contributed by atoms with Crippen LogP contribution in [0.1, 0.15) is 31.2 Å². The molecule has 0 saturated heterocycles. The fraction of sp³-hybridized carbons (Fsp3) is 0.250. The van der Waals surface area contributed by atoms with Crippen LogP contribution in [-0.2, 0) is 9.59 Å². The molecule has 2 aromatic carbocycles. The molecule has 8 heteroatoms. The maximum atomic E-state index is 13.9. The maximum Gasteiger partial charge on any atom is 0.329 e. The molecule has 1 fully saturated rings. The predicted octanol–water partition coefficient (Wildman–Crippen LogP) is 3.73. The number of rotatable bonds is 5. The molecule has 0 aliphatic heterocycles. The van der Waals surface area contributed by atoms with E-state index in [1.54, 1.807) is 36.4 Å². The summed E-state index contributed by atoms with van der Waals surface area (Å²) in [6, 6.07) is 11.2. The first-order chi connectivity index (χ1) is 13.5. The van der Waals surface area contributed by atoms with E-state index in [9.17, 15) is 14.0 Å². The summed E-state index contributed by atoms with van der Waals surface area (Å²) >= 11 is 6.02. The summed E-state index contributed by atoms with van der Waals surface area (Å²) in [5.74, 6) is -1.95. The number of anilines is 2. The van der Waals surface area contributed by atoms with E-state index >= 15 is 0 Å². The van der Waals surface area contributed by atoms with Crippen molar-refractivity contribution in [1.82, 2.24) is 10.7 Å². The molecule has 0 spiro atoms. The Morgan fingerprint density at radius 1 is 1.07 bits per heavy atom. The predicted molar refractivity (Wildman–Crippen MR) is 107 cm³/mol. The second-order valence-corrected chi connectivity index (χ2v) is 6.93. The Bertz CT molecular complexity index is 898. The summed E-state index contributed by atoms with van der Waals surface area (Å²) in [5.41, 5.74) is 3.56. The van der Waals surface area contributed by atoms with Gasteiger partial charge in [0.1, 0.15) is 5.82 Å². The molecule has 28 heavy (non-hydrogen) atoms. The minimum atomic E-state index is -0.839. The van der Waals surface area contributed by atoms with Crippen molar-refractivity contribution in [3.63, 3.8) is 0 Å². The monoisotopic (exact) mass is 402 g/mol. The van der Waals surface area contributed by atoms with Gasteiger partial charge in [0.25, 0.3) is 0 Å². The first-order valence-corrected chi connectivity index (χ1v) is 9.36. The lowest BCUT2D eigenvalue weighted by atomic mass is 10.2. The Morgan fingerprint density at radius 3 is 2.57 bits per heavy atom. The first-order valence-electron chi connectivity index (χ1n) is 8.98. The molecular formula is C20H20ClFN4O2. The molecular weight excluding hydrogens is 383 g/mol. The topological polar surface area (TPSA) is 82.6 Å². The molecule has 2 aromatic rings. The molecule has 0 aromatic heterocycles. The van der Waals surface area contributed by atoms with Gasteiger partial charge in [-0.05, 0) is 43.2 Å². The fourth-order valence-corrected chi connectivity index (χ4v) is 3.17. The SMILES string of the molecule is O=C(N/N=C\c1cc(Cl)ccc1Nc1ccccc1F)C(=O)NC1CCCC1. The number of para-hydroxylation sites is 1. The summed E-state index contributed by atoms with van der Waals surface area (Å²) in [7, 11) is 0. The van der Waals surface area contributed by atoms with Crippen molar-refractivity contribution >= 4 is 41.0 Å². The Kier molecular flexibility index (Phi) is 6.60. The van der Waals surface area contributed by atoms with E-state index in [1.807, 2.05) is 0 Å². The number of hydrogen-bond donors (Lipinski definition) is 3. The van der Waals surface area contributed by atoms with Crippen LogP contribution in [0.5, 0.6) is 0 Å². The number of carbonyl (C=O) groups excluding carboxylic acids is 2. The summed E-state index contributed by atoms with van der Waals surface area (Å²) in [5, 5.41) is 9.92. The summed E-state index contributed by atoms with van der Waals surface area (Å²) < 4.78 is 13.9. The highest BCUT2D eigenvalue weighted by molar-refractivity contribution is 6.35. The molecule has 1 aliphatic carbocycles. The van der Waals surface area contributed by atoms with Gasteiger partial charge in [-0.1, -0.05) is 36.6 Å². The lowest BCUT2D eigenvalue weighted by Gasteiger charge is -2.11. The van der Waals surface area contributed by atoms with Gasteiger partial charge in [0.05, 0.1) is 11.9 Å². The van der Waals surface area contributed by atoms with Gasteiger partial charge < -0.3 is 10.6 Å². The second kappa shape index (κ2) is 9.32. The van der Waals surface area contributed by atoms with E-state index in [1.165, 1.54) is 12.3 Å². The van der Waals surface area contributed by atoms with Gasteiger partial charge in [-0.15, -0.1) is 0 Å². The van der Waals surface area contributed by atoms with E-state index in [2.05, 4.69) is 21.2 Å². The van der Waals surface area contributed by atoms with E-state index in [0.717, 1.165) is 25.7 Å². The highest BCUT2D eigenvalue weighted by Gasteiger charge is 2.21. The van der Waals surface area contributed by atoms with Gasteiger partial charge in [0, 0.05) is 22.3 Å². The van der Waals surface area contributed by atoms with Gasteiger partial charge in [0.2, 0.25) is 0 Å². The Hall–Kier alpha value is -2.93. The third-order valence-electron chi connectivity index (χ3n) is 4.42. The van der Waals surface area contributed by atoms with E-state index in [4.69, 9.17) is 11.6 Å². The highest BCUT2D eigenvalue weighted by atomic mass is 35.5. The average molecular weight is 403 g/mol. The van der Waals surface area contributed by atoms with Crippen LogP contribution in [0.25, 0.3) is 0 Å². The number of halogens is 2. The van der Waals surface area contributed by atoms with Gasteiger partial charge in [0.15, 0.2) is 0 Å². The van der Waals surface area contributed by atoms with Crippen molar-refractivity contribution in [3.8, 4) is 0 Å². The van der Waals surface area contributed by atoms with Gasteiger partial charge in [-0.3, -0.25) is 9.59 Å². The van der Waals surface area contributed by atoms with Crippen molar-refractivity contribution in [1.29, 1.82) is 0 Å². The molecule has 3 rings (SSSR count). The largest absolute Gasteiger partial charge is 0.353 e. The van der Waals surface area contributed by atoms with Crippen molar-refractivity contribution in [2.45, 2.75) is 31.7 Å². The third kappa shape index (κ3) is 5.29. The van der Waals surface area contributed by atoms with Crippen LogP contribution in [0.3, 0.4) is 0 Å². The minimum Gasteiger partial charge on any atom is -0.353 e. The lowest BCUT2D eigenvalue weighted by molar-refractivity contribution is -0.139. The van der Waals surface area contributed by atoms with Crippen molar-refractivity contribution in [3.05, 3.63) is 58.9 Å². The Labute approximate surface area is 167 Å². The summed E-state index contributed by atoms with van der Waals surface area (Å²) in [6.45, 7) is 0. The van der Waals surface area contributed by atoms with Gasteiger partial charge in [-0.25, -0.2) is 9.82 Å². The maximum absolute atomic E-state index is 13.9. The molecule has 0 heterocycles. The quantitative estimate of drug-likeness (QED) is 0.405. The molecule has 146 valence electrons. The molecule has 6 nitrogen and oxygen atoms in total. The van der Waals surface area contributed by atoms with Crippen LogP contribution in [0.2, 0.25) is 5.02 Å². The second-order valence-electron chi connectivity index (χ2n) is 6.49. The fourth-order valence-electron chi connectivity index (χ4n) is 2.99. The summed E-state index contributed by atoms with van der Waals surface area (Å²) in [4.78, 5) is 23.7. The molecule has 1 aliphatic rings. The number of nitrogens with zero attached hydrogens (tertiary/aromatic N) is 1. The molecule has 1 saturated carbocycles. The number of carbonyl (C=O) groups is 2. The number of amides is 2. The number of hydrogen-bond acceptors (Lipinski definition) is 4. The standard InChI is InChI=1S/C20H20ClFN4O2/c21-14-9-10-17(25-18-8-4-3-7-16(18)22)13(11-14)12-23-26-20(28)19(27)24-15-5-1-2-6-15/h3-4,7-12,15,25H,1-2,5-6H2,(H,24,27)(H,26,28)/b23-12-. The molecule has 3 N–H and O–H groups in total. The third-order valence-corrected chi connectivity index (χ3v) is 4.66. The summed E-state index contributed by atoms with van der Waals surface area (Å²) in [6.07, 6.45) is 5.22. The van der Waals surface area contributed by atoms with Crippen LogP contribution in [0.15, 0.2) is 47.6 Å². The highest BCUT2D eigenvalue weighted by Crippen LogP contribution is 2.24. The number of hydrazone groups is 1. The van der Waals surface area contributed by atoms with Crippen LogP contribution in [0, 0.1) is 5.82 Å². The van der Waals surface area contributed by atoms with Gasteiger partial charge in [-0.2, -0.15) is 5.10 Å². The Balaban J connectivity index is 1.65. The zero-order valence-electron chi connectivity index (χ0n) is 15.0. The normalized spacial score (nSPS) is 14.2. The Morgan fingerprint density at radius 2 is 1.82 bits per heavy atom. The first kappa shape index (κ1) is 19.8. The van der Waals surface area contributed by atoms with Crippen molar-refractivity contribution in [2.24, 2.45) is 5.10 Å². The zero-order chi connectivity index (χ0) is 19.9. The molecule has 2 amide bonds. The van der Waals surface area contributed by atoms with E-state index < -0.39 is 17.6 Å². The van der Waals surface area contributed by atoms with Gasteiger partial charge >= 0.3 is 11.8 Å². The lowest BCUT2D eigenvalue weighted by Crippen LogP contribution is -2.42. The number of nitrogens with one attached hydrogen (secondary N) is 3. The minimum absolute atomic E-state index is 0.0479.